The summed E-state index contributed by atoms with van der Waals surface area (Å²) < 4.78 is 22.9. The smallest absolute Gasteiger partial charge is 0.238 e. The van der Waals surface area contributed by atoms with E-state index in [4.69, 9.17) is 5.14 Å². The van der Waals surface area contributed by atoms with Gasteiger partial charge in [-0.2, -0.15) is 0 Å². The van der Waals surface area contributed by atoms with Crippen molar-refractivity contribution >= 4 is 16.0 Å². The average molecular weight is 368 g/mol. The van der Waals surface area contributed by atoms with E-state index >= 15 is 0 Å². The van der Waals surface area contributed by atoms with Crippen LogP contribution in [0.5, 0.6) is 0 Å². The lowest BCUT2D eigenvalue weighted by Crippen LogP contribution is -2.49. The maximum Gasteiger partial charge on any atom is 0.238 e. The van der Waals surface area contributed by atoms with Crippen LogP contribution in [-0.2, 0) is 16.6 Å². The van der Waals surface area contributed by atoms with Gasteiger partial charge in [0.25, 0.3) is 0 Å². The molecule has 1 aliphatic rings. The van der Waals surface area contributed by atoms with E-state index in [1.165, 1.54) is 6.07 Å². The first-order chi connectivity index (χ1) is 11.8. The molecule has 4 N–H and O–H groups in total. The van der Waals surface area contributed by atoms with Crippen molar-refractivity contribution in [1.82, 2.24) is 15.5 Å². The first kappa shape index (κ1) is 19.7. The zero-order valence-electron chi connectivity index (χ0n) is 15.2. The van der Waals surface area contributed by atoms with Crippen molar-refractivity contribution in [1.29, 1.82) is 0 Å². The monoisotopic (exact) mass is 367 g/mol. The number of benzene rings is 1. The molecule has 0 bridgehead atoms. The Hall–Kier alpha value is -1.64. The van der Waals surface area contributed by atoms with Crippen molar-refractivity contribution in [3.63, 3.8) is 0 Å². The summed E-state index contributed by atoms with van der Waals surface area (Å²) >= 11 is 0. The van der Waals surface area contributed by atoms with Crippen molar-refractivity contribution in [2.75, 3.05) is 20.1 Å². The zero-order valence-corrected chi connectivity index (χ0v) is 16.0. The van der Waals surface area contributed by atoms with Crippen LogP contribution in [0.15, 0.2) is 34.2 Å². The Bertz CT molecular complexity index is 695. The summed E-state index contributed by atoms with van der Waals surface area (Å²) in [5, 5.41) is 11.9. The quantitative estimate of drug-likeness (QED) is 0.530. The van der Waals surface area contributed by atoms with Gasteiger partial charge in [-0.3, -0.25) is 4.99 Å². The van der Waals surface area contributed by atoms with Crippen LogP contribution in [0, 0.1) is 0 Å². The minimum Gasteiger partial charge on any atom is -0.354 e. The molecule has 1 aromatic carbocycles. The molecule has 0 aromatic heterocycles. The normalized spacial score (nSPS) is 17.7. The molecule has 25 heavy (non-hydrogen) atoms. The topological polar surface area (TPSA) is 99.8 Å². The molecule has 2 rings (SSSR count). The molecule has 8 heteroatoms. The number of nitrogens with two attached hydrogens (primary N) is 1. The van der Waals surface area contributed by atoms with E-state index in [0.29, 0.717) is 18.6 Å². The lowest BCUT2D eigenvalue weighted by atomic mass is 10.0. The van der Waals surface area contributed by atoms with Crippen molar-refractivity contribution in [3.8, 4) is 0 Å². The largest absolute Gasteiger partial charge is 0.354 e. The number of nitrogens with zero attached hydrogens (tertiary/aromatic N) is 2. The Morgan fingerprint density at radius 1 is 1.36 bits per heavy atom. The van der Waals surface area contributed by atoms with Gasteiger partial charge in [0.05, 0.1) is 4.90 Å². The highest BCUT2D eigenvalue weighted by molar-refractivity contribution is 7.89. The van der Waals surface area contributed by atoms with Gasteiger partial charge in [0.15, 0.2) is 5.96 Å². The molecule has 1 saturated heterocycles. The summed E-state index contributed by atoms with van der Waals surface area (Å²) in [6, 6.07) is 7.61. The predicted molar refractivity (Wildman–Crippen MR) is 101 cm³/mol. The number of primary sulfonamides is 1. The summed E-state index contributed by atoms with van der Waals surface area (Å²) in [4.78, 5) is 6.86. The van der Waals surface area contributed by atoms with Gasteiger partial charge in [0.1, 0.15) is 0 Å². The molecular formula is C17H29N5O2S. The van der Waals surface area contributed by atoms with Crippen LogP contribution in [-0.4, -0.2) is 51.5 Å². The number of nitrogens with one attached hydrogen (secondary N) is 2. The summed E-state index contributed by atoms with van der Waals surface area (Å²) in [6.45, 7) is 7.10. The molecule has 1 aromatic rings. The van der Waals surface area contributed by atoms with Gasteiger partial charge in [-0.25, -0.2) is 13.6 Å². The highest BCUT2D eigenvalue weighted by Gasteiger charge is 2.21. The lowest BCUT2D eigenvalue weighted by Gasteiger charge is -2.35. The summed E-state index contributed by atoms with van der Waals surface area (Å²) in [5.74, 6) is 0.726. The number of guanidine groups is 1. The van der Waals surface area contributed by atoms with Crippen LogP contribution in [0.4, 0.5) is 0 Å². The fraction of sp³-hybridized carbons (Fsp3) is 0.588. The second kappa shape index (κ2) is 8.64. The number of sulfonamides is 1. The molecule has 0 radical (unpaired) electrons. The second-order valence-corrected chi connectivity index (χ2v) is 8.23. The predicted octanol–water partition coefficient (Wildman–Crippen LogP) is 0.872. The van der Waals surface area contributed by atoms with Crippen LogP contribution >= 0.6 is 0 Å². The first-order valence-electron chi connectivity index (χ1n) is 8.62. The van der Waals surface area contributed by atoms with Crippen LogP contribution in [0.3, 0.4) is 0 Å². The Morgan fingerprint density at radius 3 is 2.60 bits per heavy atom. The van der Waals surface area contributed by atoms with Gasteiger partial charge < -0.3 is 15.5 Å². The summed E-state index contributed by atoms with van der Waals surface area (Å²) in [5.41, 5.74) is 0.837. The number of hydrogen-bond acceptors (Lipinski definition) is 4. The number of piperidine rings is 1. The Kier molecular flexibility index (Phi) is 6.80. The molecule has 0 atom stereocenters. The Balaban J connectivity index is 1.87. The van der Waals surface area contributed by atoms with Crippen molar-refractivity contribution in [3.05, 3.63) is 29.8 Å². The lowest BCUT2D eigenvalue weighted by molar-refractivity contribution is 0.167. The van der Waals surface area contributed by atoms with Crippen molar-refractivity contribution in [2.45, 2.75) is 50.2 Å². The molecular weight excluding hydrogens is 338 g/mol. The molecule has 7 nitrogen and oxygen atoms in total. The summed E-state index contributed by atoms with van der Waals surface area (Å²) in [7, 11) is -1.95. The zero-order chi connectivity index (χ0) is 18.4. The van der Waals surface area contributed by atoms with E-state index in [1.54, 1.807) is 19.2 Å². The van der Waals surface area contributed by atoms with Crippen molar-refractivity contribution in [2.24, 2.45) is 10.1 Å². The van der Waals surface area contributed by atoms with Crippen molar-refractivity contribution < 1.29 is 8.42 Å². The fourth-order valence-electron chi connectivity index (χ4n) is 2.97. The van der Waals surface area contributed by atoms with Gasteiger partial charge in [0.2, 0.25) is 10.0 Å². The minimum atomic E-state index is -3.68. The molecule has 0 amide bonds. The number of rotatable bonds is 5. The maximum atomic E-state index is 11.4. The summed E-state index contributed by atoms with van der Waals surface area (Å²) in [6.07, 6.45) is 2.17. The third kappa shape index (κ3) is 5.98. The number of aliphatic imine (C=N–C) groups is 1. The Labute approximate surface area is 150 Å². The van der Waals surface area contributed by atoms with E-state index in [0.717, 1.165) is 37.5 Å². The molecule has 1 aliphatic heterocycles. The van der Waals surface area contributed by atoms with E-state index in [1.807, 2.05) is 6.07 Å². The molecule has 1 heterocycles. The van der Waals surface area contributed by atoms with E-state index < -0.39 is 10.0 Å². The van der Waals surface area contributed by atoms with E-state index in [9.17, 15) is 8.42 Å². The highest BCUT2D eigenvalue weighted by atomic mass is 32.2. The molecule has 0 aliphatic carbocycles. The Morgan fingerprint density at radius 2 is 2.04 bits per heavy atom. The molecule has 0 unspecified atom stereocenters. The van der Waals surface area contributed by atoms with Crippen LogP contribution in [0.1, 0.15) is 32.3 Å². The molecule has 0 spiro atoms. The van der Waals surface area contributed by atoms with Gasteiger partial charge in [-0.05, 0) is 44.4 Å². The first-order valence-corrected chi connectivity index (χ1v) is 10.2. The molecule has 1 fully saturated rings. The maximum absolute atomic E-state index is 11.4. The molecule has 0 saturated carbocycles. The van der Waals surface area contributed by atoms with E-state index in [-0.39, 0.29) is 4.90 Å². The third-order valence-corrected chi connectivity index (χ3v) is 5.42. The minimum absolute atomic E-state index is 0.121. The highest BCUT2D eigenvalue weighted by Crippen LogP contribution is 2.13. The van der Waals surface area contributed by atoms with Gasteiger partial charge >= 0.3 is 0 Å². The SMILES string of the molecule is CN=C(NCc1cccc(S(N)(=O)=O)c1)NC1CCN(C(C)C)CC1. The van der Waals surface area contributed by atoms with E-state index in [2.05, 4.69) is 34.4 Å². The van der Waals surface area contributed by atoms with Gasteiger partial charge in [-0.15, -0.1) is 0 Å². The fourth-order valence-corrected chi connectivity index (χ4v) is 3.55. The van der Waals surface area contributed by atoms with Gasteiger partial charge in [0, 0.05) is 38.8 Å². The standard InChI is InChI=1S/C17H29N5O2S/c1-13(2)22-9-7-15(8-10-22)21-17(19-3)20-12-14-5-4-6-16(11-14)25(18,23)24/h4-6,11,13,15H,7-10,12H2,1-3H3,(H2,18,23,24)(H2,19,20,21). The average Bonchev–Trinajstić information content (AvgIpc) is 2.58. The van der Waals surface area contributed by atoms with Crippen LogP contribution in [0.2, 0.25) is 0 Å². The number of likely N-dealkylation sites (tertiary alicyclic amines) is 1. The molecule has 140 valence electrons. The number of hydrogen-bond donors (Lipinski definition) is 3. The van der Waals surface area contributed by atoms with Gasteiger partial charge in [-0.1, -0.05) is 12.1 Å². The van der Waals surface area contributed by atoms with Crippen LogP contribution in [0.25, 0.3) is 0 Å². The van der Waals surface area contributed by atoms with Crippen LogP contribution < -0.4 is 15.8 Å². The third-order valence-electron chi connectivity index (χ3n) is 4.51. The second-order valence-electron chi connectivity index (χ2n) is 6.67.